The van der Waals surface area contributed by atoms with Gasteiger partial charge in [0.25, 0.3) is 0 Å². The molecule has 4 heteroatoms. The van der Waals surface area contributed by atoms with Gasteiger partial charge in [0.05, 0.1) is 10.1 Å². The molecule has 2 nitrogen and oxygen atoms in total. The number of benzene rings is 2. The van der Waals surface area contributed by atoms with Crippen molar-refractivity contribution in [1.29, 1.82) is 0 Å². The smallest absolute Gasteiger partial charge is 0.182 e. The lowest BCUT2D eigenvalue weighted by molar-refractivity contribution is 0.586. The van der Waals surface area contributed by atoms with Gasteiger partial charge in [-0.05, 0) is 36.2 Å². The third kappa shape index (κ3) is 1.88. The van der Waals surface area contributed by atoms with Gasteiger partial charge in [0.2, 0.25) is 0 Å². The second-order valence-electron chi connectivity index (χ2n) is 4.82. The molecule has 1 aliphatic heterocycles. The van der Waals surface area contributed by atoms with Crippen LogP contribution in [0.4, 0.5) is 0 Å². The molecule has 0 fully saturated rings. The standard InChI is InChI=1S/C15H13ClO2S/c1-10-15(11-5-4-6-12(16)9-11)13-7-2-3-8-14(13)19(10,17)18/h2-10,15H,1H3. The summed E-state index contributed by atoms with van der Waals surface area (Å²) >= 11 is 6.02. The molecule has 0 saturated heterocycles. The van der Waals surface area contributed by atoms with E-state index >= 15 is 0 Å². The van der Waals surface area contributed by atoms with Crippen LogP contribution in [0.15, 0.2) is 53.4 Å². The maximum atomic E-state index is 12.4. The molecule has 2 atom stereocenters. The molecule has 1 aliphatic rings. The van der Waals surface area contributed by atoms with Gasteiger partial charge in [-0.1, -0.05) is 41.9 Å². The van der Waals surface area contributed by atoms with Gasteiger partial charge in [0.1, 0.15) is 0 Å². The minimum atomic E-state index is -3.24. The van der Waals surface area contributed by atoms with Crippen molar-refractivity contribution < 1.29 is 8.42 Å². The van der Waals surface area contributed by atoms with E-state index in [1.54, 1.807) is 25.1 Å². The number of halogens is 1. The lowest BCUT2D eigenvalue weighted by atomic mass is 9.89. The zero-order chi connectivity index (χ0) is 13.6. The summed E-state index contributed by atoms with van der Waals surface area (Å²) in [5, 5.41) is 0.176. The Morgan fingerprint density at radius 3 is 2.53 bits per heavy atom. The summed E-state index contributed by atoms with van der Waals surface area (Å²) in [4.78, 5) is 0.451. The summed E-state index contributed by atoms with van der Waals surface area (Å²) in [7, 11) is -3.24. The minimum Gasteiger partial charge on any atom is -0.223 e. The summed E-state index contributed by atoms with van der Waals surface area (Å²) < 4.78 is 24.8. The summed E-state index contributed by atoms with van der Waals surface area (Å²) in [6, 6.07) is 14.7. The molecule has 0 bridgehead atoms. The molecule has 3 rings (SSSR count). The molecule has 19 heavy (non-hydrogen) atoms. The van der Waals surface area contributed by atoms with Crippen LogP contribution in [0.2, 0.25) is 5.02 Å². The SMILES string of the molecule is CC1C(c2cccc(Cl)c2)c2ccccc2S1(=O)=O. The number of hydrogen-bond donors (Lipinski definition) is 0. The van der Waals surface area contributed by atoms with Crippen molar-refractivity contribution >= 4 is 21.4 Å². The van der Waals surface area contributed by atoms with Crippen molar-refractivity contribution in [3.63, 3.8) is 0 Å². The van der Waals surface area contributed by atoms with Crippen LogP contribution in [0.5, 0.6) is 0 Å². The molecular formula is C15H13ClO2S. The van der Waals surface area contributed by atoms with Crippen molar-refractivity contribution in [3.05, 3.63) is 64.7 Å². The maximum Gasteiger partial charge on any atom is 0.182 e. The quantitative estimate of drug-likeness (QED) is 0.804. The highest BCUT2D eigenvalue weighted by molar-refractivity contribution is 7.92. The van der Waals surface area contributed by atoms with Gasteiger partial charge in [-0.2, -0.15) is 0 Å². The van der Waals surface area contributed by atoms with Crippen molar-refractivity contribution in [2.24, 2.45) is 0 Å². The predicted octanol–water partition coefficient (Wildman–Crippen LogP) is 3.65. The van der Waals surface area contributed by atoms with E-state index < -0.39 is 15.1 Å². The van der Waals surface area contributed by atoms with E-state index in [0.717, 1.165) is 11.1 Å². The summed E-state index contributed by atoms with van der Waals surface area (Å²) in [5.41, 5.74) is 1.82. The van der Waals surface area contributed by atoms with E-state index in [-0.39, 0.29) is 5.92 Å². The van der Waals surface area contributed by atoms with Gasteiger partial charge in [-0.25, -0.2) is 8.42 Å². The number of rotatable bonds is 1. The molecule has 0 radical (unpaired) electrons. The molecule has 2 aromatic carbocycles. The molecule has 0 amide bonds. The van der Waals surface area contributed by atoms with Crippen LogP contribution in [-0.4, -0.2) is 13.7 Å². The Bertz CT molecular complexity index is 737. The predicted molar refractivity (Wildman–Crippen MR) is 76.4 cm³/mol. The fourth-order valence-corrected chi connectivity index (χ4v) is 4.83. The van der Waals surface area contributed by atoms with Gasteiger partial charge >= 0.3 is 0 Å². The van der Waals surface area contributed by atoms with Crippen LogP contribution < -0.4 is 0 Å². The van der Waals surface area contributed by atoms with Crippen LogP contribution in [0.25, 0.3) is 0 Å². The monoisotopic (exact) mass is 292 g/mol. The highest BCUT2D eigenvalue weighted by atomic mass is 35.5. The Morgan fingerprint density at radius 1 is 1.05 bits per heavy atom. The molecule has 2 aromatic rings. The normalized spacial score (nSPS) is 24.1. The Hall–Kier alpha value is -1.32. The van der Waals surface area contributed by atoms with Gasteiger partial charge in [0, 0.05) is 10.9 Å². The first-order valence-corrected chi connectivity index (χ1v) is 8.02. The Labute approximate surface area is 118 Å². The third-order valence-corrected chi connectivity index (χ3v) is 6.20. The Kier molecular flexibility index (Phi) is 2.91. The fraction of sp³-hybridized carbons (Fsp3) is 0.200. The van der Waals surface area contributed by atoms with Crippen LogP contribution in [0, 0.1) is 0 Å². The third-order valence-electron chi connectivity index (χ3n) is 3.73. The second-order valence-corrected chi connectivity index (χ2v) is 7.53. The van der Waals surface area contributed by atoms with Crippen molar-refractivity contribution in [2.45, 2.75) is 23.0 Å². The summed E-state index contributed by atoms with van der Waals surface area (Å²) in [6.45, 7) is 1.76. The number of sulfone groups is 1. The minimum absolute atomic E-state index is 0.139. The van der Waals surface area contributed by atoms with Crippen LogP contribution in [0.3, 0.4) is 0 Å². The fourth-order valence-electron chi connectivity index (χ4n) is 2.78. The van der Waals surface area contributed by atoms with E-state index in [1.807, 2.05) is 30.3 Å². The molecule has 0 spiro atoms. The lowest BCUT2D eigenvalue weighted by Gasteiger charge is -2.16. The summed E-state index contributed by atoms with van der Waals surface area (Å²) in [6.07, 6.45) is 0. The second kappa shape index (κ2) is 4.36. The molecule has 0 aromatic heterocycles. The maximum absolute atomic E-state index is 12.4. The Balaban J connectivity index is 2.24. The van der Waals surface area contributed by atoms with E-state index in [1.165, 1.54) is 0 Å². The average Bonchev–Trinajstić information content (AvgIpc) is 2.58. The van der Waals surface area contributed by atoms with E-state index in [0.29, 0.717) is 9.92 Å². The molecular weight excluding hydrogens is 280 g/mol. The van der Waals surface area contributed by atoms with Crippen molar-refractivity contribution in [3.8, 4) is 0 Å². The van der Waals surface area contributed by atoms with Crippen LogP contribution in [0.1, 0.15) is 24.0 Å². The van der Waals surface area contributed by atoms with Crippen LogP contribution >= 0.6 is 11.6 Å². The van der Waals surface area contributed by atoms with Crippen LogP contribution in [-0.2, 0) is 9.84 Å². The van der Waals surface area contributed by atoms with E-state index in [4.69, 9.17) is 11.6 Å². The van der Waals surface area contributed by atoms with Gasteiger partial charge in [0.15, 0.2) is 9.84 Å². The van der Waals surface area contributed by atoms with Crippen molar-refractivity contribution in [2.75, 3.05) is 0 Å². The molecule has 0 aliphatic carbocycles. The van der Waals surface area contributed by atoms with Crippen molar-refractivity contribution in [1.82, 2.24) is 0 Å². The van der Waals surface area contributed by atoms with Gasteiger partial charge in [-0.3, -0.25) is 0 Å². The molecule has 0 saturated carbocycles. The first-order valence-electron chi connectivity index (χ1n) is 6.10. The molecule has 1 heterocycles. The lowest BCUT2D eigenvalue weighted by Crippen LogP contribution is -2.17. The zero-order valence-corrected chi connectivity index (χ0v) is 11.9. The largest absolute Gasteiger partial charge is 0.223 e. The van der Waals surface area contributed by atoms with E-state index in [9.17, 15) is 8.42 Å². The van der Waals surface area contributed by atoms with Gasteiger partial charge in [-0.15, -0.1) is 0 Å². The highest BCUT2D eigenvalue weighted by Crippen LogP contribution is 2.44. The topological polar surface area (TPSA) is 34.1 Å². The van der Waals surface area contributed by atoms with Gasteiger partial charge < -0.3 is 0 Å². The average molecular weight is 293 g/mol. The number of fused-ring (bicyclic) bond motifs is 1. The zero-order valence-electron chi connectivity index (χ0n) is 10.4. The molecule has 98 valence electrons. The summed E-state index contributed by atoms with van der Waals surface area (Å²) in [5.74, 6) is -0.139. The molecule has 0 N–H and O–H groups in total. The molecule has 2 unspecified atom stereocenters. The first-order chi connectivity index (χ1) is 9.01. The Morgan fingerprint density at radius 2 is 1.79 bits per heavy atom. The van der Waals surface area contributed by atoms with E-state index in [2.05, 4.69) is 0 Å². The highest BCUT2D eigenvalue weighted by Gasteiger charge is 2.42. The number of hydrogen-bond acceptors (Lipinski definition) is 2. The first kappa shape index (κ1) is 12.7.